The van der Waals surface area contributed by atoms with Gasteiger partial charge in [0.25, 0.3) is 0 Å². The molecule has 0 rings (SSSR count). The molecule has 7 heavy (non-hydrogen) atoms. The summed E-state index contributed by atoms with van der Waals surface area (Å²) in [5, 5.41) is 0. The maximum atomic E-state index is 8.74. The van der Waals surface area contributed by atoms with Gasteiger partial charge < -0.3 is 5.48 Å². The van der Waals surface area contributed by atoms with Gasteiger partial charge in [-0.05, 0) is 0 Å². The Kier molecular flexibility index (Phi) is 11.1. The van der Waals surface area contributed by atoms with E-state index in [9.17, 15) is 0 Å². The number of rotatable bonds is 0. The Morgan fingerprint density at radius 1 is 1.29 bits per heavy atom. The van der Waals surface area contributed by atoms with E-state index in [0.29, 0.717) is 0 Å². The average Bonchev–Trinajstić information content (AvgIpc) is 0.722. The molecule has 0 fully saturated rings. The van der Waals surface area contributed by atoms with Crippen LogP contribution in [-0.4, -0.2) is 52.6 Å². The molecule has 0 aliphatic carbocycles. The summed E-state index contributed by atoms with van der Waals surface area (Å²) in [7, 11) is -4.67. The van der Waals surface area contributed by atoms with E-state index in [-0.39, 0.29) is 37.9 Å². The van der Waals surface area contributed by atoms with Gasteiger partial charge in [-0.1, -0.05) is 0 Å². The van der Waals surface area contributed by atoms with Gasteiger partial charge >= 0.3 is 42.8 Å². The first kappa shape index (κ1) is 15.7. The van der Waals surface area contributed by atoms with Crippen molar-refractivity contribution >= 4 is 40.0 Å². The molecule has 0 aliphatic rings. The molecule has 0 radical (unpaired) electrons. The van der Waals surface area contributed by atoms with Crippen LogP contribution in [0, 0.1) is 0 Å². The first-order valence-corrected chi connectivity index (χ1v) is 2.10. The fourth-order valence-electron chi connectivity index (χ4n) is 0. The summed E-state index contributed by atoms with van der Waals surface area (Å²) in [6.45, 7) is 0. The van der Waals surface area contributed by atoms with Crippen LogP contribution in [0.25, 0.3) is 0 Å². The average molecular weight is 142 g/mol. The van der Waals surface area contributed by atoms with Crippen LogP contribution in [0.2, 0.25) is 0 Å². The van der Waals surface area contributed by atoms with E-state index >= 15 is 0 Å². The van der Waals surface area contributed by atoms with Crippen molar-refractivity contribution in [2.24, 2.45) is 0 Å². The van der Waals surface area contributed by atoms with Gasteiger partial charge in [0.15, 0.2) is 0 Å². The van der Waals surface area contributed by atoms with Crippen molar-refractivity contribution < 1.29 is 25.9 Å². The molecule has 7 heteroatoms. The van der Waals surface area contributed by atoms with Gasteiger partial charge in [-0.15, -0.1) is 0 Å². The van der Waals surface area contributed by atoms with E-state index in [1.165, 1.54) is 0 Å². The Morgan fingerprint density at radius 2 is 1.29 bits per heavy atom. The van der Waals surface area contributed by atoms with Gasteiger partial charge in [0, 0.05) is 0 Å². The van der Waals surface area contributed by atoms with Gasteiger partial charge in [-0.25, -0.2) is 0 Å². The molecule has 5 nitrogen and oxygen atoms in total. The second-order valence-corrected chi connectivity index (χ2v) is 1.34. The summed E-state index contributed by atoms with van der Waals surface area (Å²) in [6.07, 6.45) is 0. The van der Waals surface area contributed by atoms with E-state index in [1.807, 2.05) is 0 Å². The standard InChI is InChI=1S/Na.H2O4S.H2O.H/c;1-5(2,3)4;;/h;(H2,1,2,3,4);1H2;/p+2. The molecule has 0 aromatic carbocycles. The summed E-state index contributed by atoms with van der Waals surface area (Å²) in [5.41, 5.74) is 0. The molecule has 0 aliphatic heterocycles. The van der Waals surface area contributed by atoms with Crippen LogP contribution in [-0.2, 0) is 10.4 Å². The van der Waals surface area contributed by atoms with Crippen molar-refractivity contribution in [1.82, 2.24) is 0 Å². The molecular formula is H7NaO5S+2. The zero-order valence-corrected chi connectivity index (χ0v) is 3.44. The van der Waals surface area contributed by atoms with Crippen molar-refractivity contribution in [1.29, 1.82) is 0 Å². The van der Waals surface area contributed by atoms with Crippen LogP contribution in [0.5, 0.6) is 0 Å². The molecule has 4 N–H and O–H groups in total. The number of hydrogen-bond acceptors (Lipinski definition) is 2. The van der Waals surface area contributed by atoms with Gasteiger partial charge in [-0.3, -0.25) is 9.11 Å². The molecule has 0 spiro atoms. The van der Waals surface area contributed by atoms with Gasteiger partial charge in [-0.2, -0.15) is 8.42 Å². The summed E-state index contributed by atoms with van der Waals surface area (Å²) in [5.74, 6) is 0. The van der Waals surface area contributed by atoms with Crippen LogP contribution in [0.15, 0.2) is 0 Å². The normalized spacial score (nSPS) is 8.29. The second-order valence-electron chi connectivity index (χ2n) is 0.448. The molecule has 0 atom stereocenters. The van der Waals surface area contributed by atoms with Crippen LogP contribution < -0.4 is 0 Å². The van der Waals surface area contributed by atoms with E-state index < -0.39 is 10.4 Å². The first-order chi connectivity index (χ1) is 2.00. The maximum absolute atomic E-state index is 8.74. The predicted octanol–water partition coefficient (Wildman–Crippen LogP) is -1.90. The van der Waals surface area contributed by atoms with E-state index in [4.69, 9.17) is 17.5 Å². The fraction of sp³-hybridized carbons (Fsp3) is 0. The Labute approximate surface area is 65.9 Å². The quantitative estimate of drug-likeness (QED) is 0.304. The third kappa shape index (κ3) is 231. The van der Waals surface area contributed by atoms with E-state index in [1.54, 1.807) is 0 Å². The molecule has 0 amide bonds. The Balaban J connectivity index is -0.0000000133. The monoisotopic (exact) mass is 142 g/mol. The summed E-state index contributed by atoms with van der Waals surface area (Å²) < 4.78 is 31.6. The topological polar surface area (TPSA) is 106 Å². The van der Waals surface area contributed by atoms with Crippen LogP contribution in [0.3, 0.4) is 0 Å². The second kappa shape index (κ2) is 4.98. The molecule has 0 aromatic heterocycles. The van der Waals surface area contributed by atoms with Gasteiger partial charge in [0.1, 0.15) is 0 Å². The van der Waals surface area contributed by atoms with Crippen molar-refractivity contribution in [2.45, 2.75) is 0 Å². The molecule has 0 aromatic rings. The zero-order valence-electron chi connectivity index (χ0n) is 4.62. The third-order valence-corrected chi connectivity index (χ3v) is 0. The SMILES string of the molecule is O.O=S(=O)(O)O.[H+].[H+].[NaH]. The van der Waals surface area contributed by atoms with Crippen LogP contribution >= 0.6 is 0 Å². The van der Waals surface area contributed by atoms with E-state index in [0.717, 1.165) is 0 Å². The van der Waals surface area contributed by atoms with Crippen LogP contribution in [0.4, 0.5) is 0 Å². The Morgan fingerprint density at radius 3 is 1.29 bits per heavy atom. The summed E-state index contributed by atoms with van der Waals surface area (Å²) >= 11 is 0. The third-order valence-electron chi connectivity index (χ3n) is 0. The predicted molar refractivity (Wildman–Crippen MR) is 27.2 cm³/mol. The molecule has 0 unspecified atom stereocenters. The molecule has 42 valence electrons. The fourth-order valence-corrected chi connectivity index (χ4v) is 0. The molecule has 0 heterocycles. The summed E-state index contributed by atoms with van der Waals surface area (Å²) in [6, 6.07) is 0. The van der Waals surface area contributed by atoms with Gasteiger partial charge in [0.2, 0.25) is 0 Å². The van der Waals surface area contributed by atoms with Crippen molar-refractivity contribution in [3.63, 3.8) is 0 Å². The minimum absolute atomic E-state index is 0. The van der Waals surface area contributed by atoms with E-state index in [2.05, 4.69) is 0 Å². The Hall–Kier alpha value is 0.830. The zero-order chi connectivity index (χ0) is 4.50. The van der Waals surface area contributed by atoms with Crippen LogP contribution in [0.1, 0.15) is 2.85 Å². The molecule has 0 saturated carbocycles. The molecule has 0 bridgehead atoms. The first-order valence-electron chi connectivity index (χ1n) is 0.698. The molecular weight excluding hydrogens is 135 g/mol. The summed E-state index contributed by atoms with van der Waals surface area (Å²) in [4.78, 5) is 0. The van der Waals surface area contributed by atoms with Crippen molar-refractivity contribution in [3.05, 3.63) is 0 Å². The van der Waals surface area contributed by atoms with Gasteiger partial charge in [0.05, 0.1) is 0 Å². The van der Waals surface area contributed by atoms with Crippen molar-refractivity contribution in [2.75, 3.05) is 0 Å². The van der Waals surface area contributed by atoms with Crippen molar-refractivity contribution in [3.8, 4) is 0 Å². The minimum atomic E-state index is -4.67. The number of hydrogen-bond donors (Lipinski definition) is 2. The Bertz CT molecular complexity index is 98.1. The molecule has 0 saturated heterocycles.